The molecule has 2 heterocycles. The van der Waals surface area contributed by atoms with Crippen molar-refractivity contribution < 1.29 is 17.9 Å². The zero-order valence-electron chi connectivity index (χ0n) is 15.5. The van der Waals surface area contributed by atoms with Crippen molar-refractivity contribution in [1.29, 1.82) is 0 Å². The summed E-state index contributed by atoms with van der Waals surface area (Å²) < 4.78 is 29.3. The molecule has 1 saturated heterocycles. The summed E-state index contributed by atoms with van der Waals surface area (Å²) in [7, 11) is -3.61. The zero-order valence-corrected chi connectivity index (χ0v) is 17.1. The van der Waals surface area contributed by atoms with Crippen LogP contribution in [0.2, 0.25) is 0 Å². The van der Waals surface area contributed by atoms with E-state index in [0.29, 0.717) is 31.2 Å². The van der Waals surface area contributed by atoms with Crippen LogP contribution in [0.3, 0.4) is 0 Å². The summed E-state index contributed by atoms with van der Waals surface area (Å²) in [5, 5.41) is 11.8. The number of hydrogen-bond acceptors (Lipinski definition) is 7. The average molecular weight is 390 g/mol. The minimum atomic E-state index is -3.61. The second-order valence-corrected chi connectivity index (χ2v) is 11.5. The highest BCUT2D eigenvalue weighted by molar-refractivity contribution is 7.93. The molecule has 1 fully saturated rings. The Bertz CT molecular complexity index is 714. The van der Waals surface area contributed by atoms with E-state index in [2.05, 4.69) is 15.5 Å². The van der Waals surface area contributed by atoms with Gasteiger partial charge in [0.05, 0.1) is 5.75 Å². The Hall–Kier alpha value is -1.06. The molecule has 25 heavy (non-hydrogen) atoms. The predicted molar refractivity (Wildman–Crippen MR) is 98.6 cm³/mol. The van der Waals surface area contributed by atoms with Crippen LogP contribution in [0, 0.1) is 5.92 Å². The van der Waals surface area contributed by atoms with E-state index < -0.39 is 20.5 Å². The molecule has 2 rings (SSSR count). The molecule has 1 aliphatic heterocycles. The Morgan fingerprint density at radius 1 is 1.20 bits per heavy atom. The van der Waals surface area contributed by atoms with Crippen molar-refractivity contribution in [2.24, 2.45) is 5.92 Å². The van der Waals surface area contributed by atoms with Crippen LogP contribution in [0.1, 0.15) is 52.5 Å². The van der Waals surface area contributed by atoms with E-state index in [0.717, 1.165) is 5.01 Å². The van der Waals surface area contributed by atoms with Crippen molar-refractivity contribution in [1.82, 2.24) is 10.2 Å². The Morgan fingerprint density at radius 3 is 2.32 bits per heavy atom. The van der Waals surface area contributed by atoms with Crippen molar-refractivity contribution in [2.75, 3.05) is 24.3 Å². The number of rotatable bonds is 5. The van der Waals surface area contributed by atoms with Crippen molar-refractivity contribution in [2.45, 2.75) is 57.6 Å². The van der Waals surface area contributed by atoms with E-state index in [9.17, 15) is 13.2 Å². The summed E-state index contributed by atoms with van der Waals surface area (Å²) >= 11 is 1.27. The molecule has 1 aliphatic rings. The second kappa shape index (κ2) is 7.28. The van der Waals surface area contributed by atoms with Gasteiger partial charge < -0.3 is 4.74 Å². The first-order chi connectivity index (χ1) is 11.4. The fourth-order valence-electron chi connectivity index (χ4n) is 2.40. The standard InChI is InChI=1S/C16H27N3O4S2/c1-15(2,3)13-18-19-14(24-13)17-12(20)16(4,5)25(21,22)10-11-6-8-23-9-7-11/h11H,6-10H2,1-5H3,(H,17,19,20). The number of anilines is 1. The molecule has 0 radical (unpaired) electrons. The number of ether oxygens (including phenoxy) is 1. The van der Waals surface area contributed by atoms with E-state index in [1.807, 2.05) is 20.8 Å². The molecular formula is C16H27N3O4S2. The van der Waals surface area contributed by atoms with Crippen LogP contribution in [0.4, 0.5) is 5.13 Å². The summed E-state index contributed by atoms with van der Waals surface area (Å²) in [6, 6.07) is 0. The number of hydrogen-bond donors (Lipinski definition) is 1. The Labute approximate surface area is 153 Å². The Kier molecular flexibility index (Phi) is 5.90. The number of nitrogens with one attached hydrogen (secondary N) is 1. The lowest BCUT2D eigenvalue weighted by Crippen LogP contribution is -2.47. The number of amides is 1. The molecule has 9 heteroatoms. The molecule has 0 bridgehead atoms. The van der Waals surface area contributed by atoms with Crippen molar-refractivity contribution in [3.05, 3.63) is 5.01 Å². The van der Waals surface area contributed by atoms with E-state index in [4.69, 9.17) is 4.74 Å². The Balaban J connectivity index is 2.09. The molecule has 0 unspecified atom stereocenters. The maximum absolute atomic E-state index is 12.8. The van der Waals surface area contributed by atoms with E-state index in [1.54, 1.807) is 0 Å². The van der Waals surface area contributed by atoms with Crippen LogP contribution in [-0.2, 0) is 24.8 Å². The maximum atomic E-state index is 12.8. The largest absolute Gasteiger partial charge is 0.381 e. The molecule has 7 nitrogen and oxygen atoms in total. The molecular weight excluding hydrogens is 362 g/mol. The van der Waals surface area contributed by atoms with Crippen LogP contribution in [0.5, 0.6) is 0 Å². The lowest BCUT2D eigenvalue weighted by atomic mass is 9.98. The van der Waals surface area contributed by atoms with Gasteiger partial charge in [-0.1, -0.05) is 32.1 Å². The molecule has 0 spiro atoms. The van der Waals surface area contributed by atoms with Gasteiger partial charge in [0.25, 0.3) is 0 Å². The highest BCUT2D eigenvalue weighted by Crippen LogP contribution is 2.30. The van der Waals surface area contributed by atoms with E-state index in [1.165, 1.54) is 25.2 Å². The van der Waals surface area contributed by atoms with Gasteiger partial charge in [0.2, 0.25) is 11.0 Å². The van der Waals surface area contributed by atoms with Crippen LogP contribution in [0.25, 0.3) is 0 Å². The maximum Gasteiger partial charge on any atom is 0.247 e. The number of carbonyl (C=O) groups is 1. The van der Waals surface area contributed by atoms with E-state index >= 15 is 0 Å². The molecule has 1 aromatic heterocycles. The molecule has 0 aromatic carbocycles. The number of sulfone groups is 1. The average Bonchev–Trinajstić information content (AvgIpc) is 2.96. The first-order valence-electron chi connectivity index (χ1n) is 8.39. The van der Waals surface area contributed by atoms with Gasteiger partial charge in [-0.2, -0.15) is 0 Å². The molecule has 1 amide bonds. The van der Waals surface area contributed by atoms with Gasteiger partial charge in [-0.15, -0.1) is 10.2 Å². The second-order valence-electron chi connectivity index (χ2n) is 7.96. The SMILES string of the molecule is CC(C)(C)c1nnc(NC(=O)C(C)(C)S(=O)(=O)CC2CCOCC2)s1. The van der Waals surface area contributed by atoms with E-state index in [-0.39, 0.29) is 17.1 Å². The molecule has 0 atom stereocenters. The molecule has 0 saturated carbocycles. The van der Waals surface area contributed by atoms with Crippen LogP contribution >= 0.6 is 11.3 Å². The minimum absolute atomic E-state index is 0.000139. The van der Waals surface area contributed by atoms with Gasteiger partial charge in [-0.05, 0) is 32.6 Å². The highest BCUT2D eigenvalue weighted by atomic mass is 32.2. The van der Waals surface area contributed by atoms with Gasteiger partial charge in [-0.25, -0.2) is 8.42 Å². The third-order valence-corrected chi connectivity index (χ3v) is 8.32. The molecule has 0 aliphatic carbocycles. The van der Waals surface area contributed by atoms with Crippen LogP contribution in [-0.4, -0.2) is 48.2 Å². The van der Waals surface area contributed by atoms with Crippen LogP contribution in [0.15, 0.2) is 0 Å². The Morgan fingerprint density at radius 2 is 1.80 bits per heavy atom. The summed E-state index contributed by atoms with van der Waals surface area (Å²) in [6.45, 7) is 10.1. The van der Waals surface area contributed by atoms with Gasteiger partial charge in [0, 0.05) is 18.6 Å². The van der Waals surface area contributed by atoms with Gasteiger partial charge in [0.15, 0.2) is 9.84 Å². The number of nitrogens with zero attached hydrogens (tertiary/aromatic N) is 2. The quantitative estimate of drug-likeness (QED) is 0.830. The lowest BCUT2D eigenvalue weighted by Gasteiger charge is -2.28. The third kappa shape index (κ3) is 4.77. The topological polar surface area (TPSA) is 98.3 Å². The van der Waals surface area contributed by atoms with Crippen molar-refractivity contribution >= 4 is 32.2 Å². The fraction of sp³-hybridized carbons (Fsp3) is 0.812. The summed E-state index contributed by atoms with van der Waals surface area (Å²) in [5.41, 5.74) is -0.175. The minimum Gasteiger partial charge on any atom is -0.381 e. The predicted octanol–water partition coefficient (Wildman–Crippen LogP) is 2.39. The third-order valence-electron chi connectivity index (χ3n) is 4.41. The fourth-order valence-corrected chi connectivity index (χ4v) is 4.90. The van der Waals surface area contributed by atoms with Gasteiger partial charge in [0.1, 0.15) is 9.75 Å². The van der Waals surface area contributed by atoms with Gasteiger partial charge in [-0.3, -0.25) is 10.1 Å². The number of aromatic nitrogens is 2. The van der Waals surface area contributed by atoms with Crippen molar-refractivity contribution in [3.63, 3.8) is 0 Å². The molecule has 142 valence electrons. The monoisotopic (exact) mass is 389 g/mol. The first kappa shape index (κ1) is 20.3. The smallest absolute Gasteiger partial charge is 0.247 e. The summed E-state index contributed by atoms with van der Waals surface area (Å²) in [5.74, 6) is -0.531. The number of carbonyl (C=O) groups excluding carboxylic acids is 1. The zero-order chi connectivity index (χ0) is 18.9. The lowest BCUT2D eigenvalue weighted by molar-refractivity contribution is -0.117. The van der Waals surface area contributed by atoms with Crippen molar-refractivity contribution in [3.8, 4) is 0 Å². The molecule has 1 N–H and O–H groups in total. The molecule has 1 aromatic rings. The summed E-state index contributed by atoms with van der Waals surface area (Å²) in [4.78, 5) is 12.6. The van der Waals surface area contributed by atoms with Crippen LogP contribution < -0.4 is 5.32 Å². The summed E-state index contributed by atoms with van der Waals surface area (Å²) in [6.07, 6.45) is 1.42. The van der Waals surface area contributed by atoms with Gasteiger partial charge >= 0.3 is 0 Å². The first-order valence-corrected chi connectivity index (χ1v) is 10.9. The normalized spacial score (nSPS) is 17.5. The highest BCUT2D eigenvalue weighted by Gasteiger charge is 2.43.